The fourth-order valence-corrected chi connectivity index (χ4v) is 2.72. The highest BCUT2D eigenvalue weighted by Gasteiger charge is 2.12. The molecule has 27 heavy (non-hydrogen) atoms. The minimum atomic E-state index is -0.496. The SMILES string of the molecule is COCCNC(=O)CCCCn1c(=O)[nH]c2cc(OC)c(OC)cc2c1=O. The number of benzene rings is 1. The minimum absolute atomic E-state index is 0.0800. The maximum Gasteiger partial charge on any atom is 0.328 e. The molecule has 0 saturated heterocycles. The van der Waals surface area contributed by atoms with E-state index in [2.05, 4.69) is 10.3 Å². The highest BCUT2D eigenvalue weighted by molar-refractivity contribution is 5.81. The molecule has 0 aliphatic heterocycles. The molecule has 0 fully saturated rings. The van der Waals surface area contributed by atoms with Crippen molar-refractivity contribution >= 4 is 16.8 Å². The van der Waals surface area contributed by atoms with Crippen molar-refractivity contribution in [2.24, 2.45) is 0 Å². The molecule has 1 aromatic carbocycles. The van der Waals surface area contributed by atoms with Crippen molar-refractivity contribution in [3.8, 4) is 11.5 Å². The van der Waals surface area contributed by atoms with Crippen LogP contribution in [-0.4, -0.2) is 49.9 Å². The smallest absolute Gasteiger partial charge is 0.328 e. The van der Waals surface area contributed by atoms with Gasteiger partial charge < -0.3 is 24.5 Å². The average Bonchev–Trinajstić information content (AvgIpc) is 2.66. The van der Waals surface area contributed by atoms with E-state index < -0.39 is 11.2 Å². The Morgan fingerprint density at radius 2 is 1.81 bits per heavy atom. The number of ether oxygens (including phenoxy) is 3. The summed E-state index contributed by atoms with van der Waals surface area (Å²) in [5.41, 5.74) is -0.514. The molecular formula is C18H25N3O6. The number of H-pyrrole nitrogens is 1. The molecule has 148 valence electrons. The minimum Gasteiger partial charge on any atom is -0.493 e. The number of fused-ring (bicyclic) bond motifs is 1. The summed E-state index contributed by atoms with van der Waals surface area (Å²) in [6, 6.07) is 3.11. The van der Waals surface area contributed by atoms with Crippen molar-refractivity contribution in [3.05, 3.63) is 33.0 Å². The highest BCUT2D eigenvalue weighted by atomic mass is 16.5. The molecule has 0 unspecified atom stereocenters. The molecule has 0 aliphatic rings. The number of amides is 1. The summed E-state index contributed by atoms with van der Waals surface area (Å²) in [5, 5.41) is 3.06. The van der Waals surface area contributed by atoms with Gasteiger partial charge in [-0.3, -0.25) is 14.2 Å². The molecule has 0 spiro atoms. The molecule has 0 saturated carbocycles. The Kier molecular flexibility index (Phi) is 7.42. The van der Waals surface area contributed by atoms with Crippen molar-refractivity contribution in [3.63, 3.8) is 0 Å². The van der Waals surface area contributed by atoms with Crippen LogP contribution in [0.5, 0.6) is 11.5 Å². The van der Waals surface area contributed by atoms with Crippen molar-refractivity contribution < 1.29 is 19.0 Å². The van der Waals surface area contributed by atoms with Gasteiger partial charge in [0.05, 0.1) is 31.7 Å². The van der Waals surface area contributed by atoms with Gasteiger partial charge in [0, 0.05) is 32.7 Å². The number of methoxy groups -OCH3 is 3. The summed E-state index contributed by atoms with van der Waals surface area (Å²) in [6.45, 7) is 1.15. The van der Waals surface area contributed by atoms with E-state index in [-0.39, 0.29) is 12.5 Å². The van der Waals surface area contributed by atoms with Crippen LogP contribution in [0.1, 0.15) is 19.3 Å². The second kappa shape index (κ2) is 9.77. The van der Waals surface area contributed by atoms with Crippen LogP contribution < -0.4 is 26.0 Å². The van der Waals surface area contributed by atoms with Crippen LogP contribution in [0.2, 0.25) is 0 Å². The van der Waals surface area contributed by atoms with Crippen LogP contribution in [0, 0.1) is 0 Å². The lowest BCUT2D eigenvalue weighted by atomic mass is 10.2. The van der Waals surface area contributed by atoms with Crippen molar-refractivity contribution in [2.45, 2.75) is 25.8 Å². The second-order valence-corrected chi connectivity index (χ2v) is 5.94. The van der Waals surface area contributed by atoms with Crippen LogP contribution in [0.3, 0.4) is 0 Å². The van der Waals surface area contributed by atoms with Crippen LogP contribution in [0.25, 0.3) is 10.9 Å². The Morgan fingerprint density at radius 1 is 1.11 bits per heavy atom. The van der Waals surface area contributed by atoms with Gasteiger partial charge in [-0.1, -0.05) is 0 Å². The van der Waals surface area contributed by atoms with Gasteiger partial charge in [-0.05, 0) is 18.9 Å². The lowest BCUT2D eigenvalue weighted by molar-refractivity contribution is -0.121. The summed E-state index contributed by atoms with van der Waals surface area (Å²) >= 11 is 0. The van der Waals surface area contributed by atoms with E-state index in [0.29, 0.717) is 54.8 Å². The molecule has 0 aliphatic carbocycles. The van der Waals surface area contributed by atoms with E-state index in [1.165, 1.54) is 14.2 Å². The van der Waals surface area contributed by atoms with Crippen LogP contribution >= 0.6 is 0 Å². The zero-order valence-electron chi connectivity index (χ0n) is 15.8. The number of nitrogens with one attached hydrogen (secondary N) is 2. The zero-order valence-corrected chi connectivity index (χ0v) is 15.8. The molecule has 2 rings (SSSR count). The zero-order chi connectivity index (χ0) is 19.8. The topological polar surface area (TPSA) is 112 Å². The number of carbonyl (C=O) groups is 1. The first-order valence-electron chi connectivity index (χ1n) is 8.66. The van der Waals surface area contributed by atoms with Crippen molar-refractivity contribution in [1.82, 2.24) is 14.9 Å². The quantitative estimate of drug-likeness (QED) is 0.586. The van der Waals surface area contributed by atoms with E-state index in [1.807, 2.05) is 0 Å². The molecule has 0 atom stereocenters. The number of aromatic nitrogens is 2. The normalized spacial score (nSPS) is 10.8. The van der Waals surface area contributed by atoms with Crippen LogP contribution in [-0.2, 0) is 16.1 Å². The second-order valence-electron chi connectivity index (χ2n) is 5.94. The van der Waals surface area contributed by atoms with E-state index in [4.69, 9.17) is 14.2 Å². The number of hydrogen-bond acceptors (Lipinski definition) is 6. The molecular weight excluding hydrogens is 354 g/mol. The Hall–Kier alpha value is -2.81. The fourth-order valence-electron chi connectivity index (χ4n) is 2.72. The lowest BCUT2D eigenvalue weighted by Gasteiger charge is -2.10. The molecule has 1 aromatic heterocycles. The molecule has 0 bridgehead atoms. The molecule has 1 heterocycles. The summed E-state index contributed by atoms with van der Waals surface area (Å²) in [4.78, 5) is 39.3. The lowest BCUT2D eigenvalue weighted by Crippen LogP contribution is -2.35. The number of carbonyl (C=O) groups excluding carboxylic acids is 1. The van der Waals surface area contributed by atoms with Crippen LogP contribution in [0.4, 0.5) is 0 Å². The highest BCUT2D eigenvalue weighted by Crippen LogP contribution is 2.29. The van der Waals surface area contributed by atoms with Crippen molar-refractivity contribution in [2.75, 3.05) is 34.5 Å². The van der Waals surface area contributed by atoms with Crippen LogP contribution in [0.15, 0.2) is 21.7 Å². The summed E-state index contributed by atoms with van der Waals surface area (Å²) < 4.78 is 16.4. The van der Waals surface area contributed by atoms with Gasteiger partial charge in [-0.25, -0.2) is 4.79 Å². The van der Waals surface area contributed by atoms with Crippen molar-refractivity contribution in [1.29, 1.82) is 0 Å². The average molecular weight is 379 g/mol. The predicted octanol–water partition coefficient (Wildman–Crippen LogP) is 0.640. The fraction of sp³-hybridized carbons (Fsp3) is 0.500. The third-order valence-electron chi connectivity index (χ3n) is 4.15. The van der Waals surface area contributed by atoms with E-state index in [1.54, 1.807) is 19.2 Å². The van der Waals surface area contributed by atoms with Gasteiger partial charge >= 0.3 is 5.69 Å². The summed E-state index contributed by atoms with van der Waals surface area (Å²) in [5.74, 6) is 0.759. The van der Waals surface area contributed by atoms with Gasteiger partial charge in [-0.2, -0.15) is 0 Å². The summed E-state index contributed by atoms with van der Waals surface area (Å²) in [7, 11) is 4.52. The first-order valence-corrected chi connectivity index (χ1v) is 8.66. The van der Waals surface area contributed by atoms with Gasteiger partial charge in [0.15, 0.2) is 11.5 Å². The molecule has 9 nitrogen and oxygen atoms in total. The maximum absolute atomic E-state index is 12.7. The monoisotopic (exact) mass is 379 g/mol. The molecule has 9 heteroatoms. The Bertz CT molecular complexity index is 902. The number of aromatic amines is 1. The Morgan fingerprint density at radius 3 is 2.48 bits per heavy atom. The number of unbranched alkanes of at least 4 members (excludes halogenated alkanes) is 1. The van der Waals surface area contributed by atoms with E-state index in [0.717, 1.165) is 4.57 Å². The number of hydrogen-bond donors (Lipinski definition) is 2. The Balaban J connectivity index is 2.09. The van der Waals surface area contributed by atoms with Gasteiger partial charge in [0.2, 0.25) is 5.91 Å². The van der Waals surface area contributed by atoms with Gasteiger partial charge in [0.1, 0.15) is 0 Å². The predicted molar refractivity (Wildman–Crippen MR) is 101 cm³/mol. The first kappa shape index (κ1) is 20.5. The largest absolute Gasteiger partial charge is 0.493 e. The number of nitrogens with zero attached hydrogens (tertiary/aromatic N) is 1. The third kappa shape index (κ3) is 5.10. The molecule has 2 N–H and O–H groups in total. The Labute approximate surface area is 156 Å². The van der Waals surface area contributed by atoms with Gasteiger partial charge in [0.25, 0.3) is 5.56 Å². The first-order chi connectivity index (χ1) is 13.0. The van der Waals surface area contributed by atoms with Gasteiger partial charge in [-0.15, -0.1) is 0 Å². The molecule has 0 radical (unpaired) electrons. The summed E-state index contributed by atoms with van der Waals surface area (Å²) in [6.07, 6.45) is 1.42. The van der Waals surface area contributed by atoms with E-state index in [9.17, 15) is 14.4 Å². The van der Waals surface area contributed by atoms with E-state index >= 15 is 0 Å². The number of rotatable bonds is 10. The maximum atomic E-state index is 12.7. The third-order valence-corrected chi connectivity index (χ3v) is 4.15. The molecule has 2 aromatic rings. The molecule has 1 amide bonds. The standard InChI is InChI=1S/C18H25N3O6/c1-25-9-7-19-16(22)6-4-5-8-21-17(23)12-10-14(26-2)15(27-3)11-13(12)20-18(21)24/h10-11H,4-9H2,1-3H3,(H,19,22)(H,20,24).